The van der Waals surface area contributed by atoms with Crippen molar-refractivity contribution in [2.45, 2.75) is 34.2 Å². The number of nitrogens with zero attached hydrogens (tertiary/aromatic N) is 6. The molecular weight excluding hydrogens is 358 g/mol. The molecule has 150 valence electrons. The van der Waals surface area contributed by atoms with E-state index in [0.717, 1.165) is 18.1 Å². The maximum atomic E-state index is 12.6. The highest BCUT2D eigenvalue weighted by Crippen LogP contribution is 2.17. The summed E-state index contributed by atoms with van der Waals surface area (Å²) in [5, 5.41) is 3.14. The fraction of sp³-hybridized carbons (Fsp3) is 0.526. The fourth-order valence-electron chi connectivity index (χ4n) is 3.17. The fourth-order valence-corrected chi connectivity index (χ4v) is 3.17. The Balaban J connectivity index is 1.63. The van der Waals surface area contributed by atoms with E-state index in [-0.39, 0.29) is 18.0 Å². The molecule has 0 aromatic carbocycles. The van der Waals surface area contributed by atoms with Crippen LogP contribution < -0.4 is 15.8 Å². The molecular formula is C19H27N7O2. The molecule has 9 nitrogen and oxygen atoms in total. The van der Waals surface area contributed by atoms with Crippen molar-refractivity contribution < 1.29 is 4.79 Å². The van der Waals surface area contributed by atoms with Crippen molar-refractivity contribution in [3.8, 4) is 0 Å². The predicted molar refractivity (Wildman–Crippen MR) is 108 cm³/mol. The van der Waals surface area contributed by atoms with Gasteiger partial charge in [-0.2, -0.15) is 4.98 Å². The van der Waals surface area contributed by atoms with Gasteiger partial charge in [-0.25, -0.2) is 9.97 Å². The minimum absolute atomic E-state index is 0.0180. The van der Waals surface area contributed by atoms with Crippen LogP contribution in [-0.2, 0) is 11.3 Å². The topological polar surface area (TPSA) is 96.3 Å². The van der Waals surface area contributed by atoms with Gasteiger partial charge in [0, 0.05) is 55.7 Å². The molecule has 1 aliphatic rings. The van der Waals surface area contributed by atoms with Gasteiger partial charge in [-0.05, 0) is 27.7 Å². The van der Waals surface area contributed by atoms with Crippen molar-refractivity contribution in [1.29, 1.82) is 0 Å². The zero-order valence-electron chi connectivity index (χ0n) is 16.9. The third-order valence-corrected chi connectivity index (χ3v) is 4.95. The van der Waals surface area contributed by atoms with Crippen molar-refractivity contribution in [2.75, 3.05) is 42.9 Å². The molecule has 0 saturated carbocycles. The highest BCUT2D eigenvalue weighted by atomic mass is 16.2. The largest absolute Gasteiger partial charge is 0.354 e. The monoisotopic (exact) mass is 385 g/mol. The average Bonchev–Trinajstić information content (AvgIpc) is 2.68. The first kappa shape index (κ1) is 19.8. The first-order valence-corrected chi connectivity index (χ1v) is 9.54. The summed E-state index contributed by atoms with van der Waals surface area (Å²) >= 11 is 0. The van der Waals surface area contributed by atoms with Gasteiger partial charge in [-0.15, -0.1) is 0 Å². The Morgan fingerprint density at radius 3 is 2.54 bits per heavy atom. The molecule has 1 fully saturated rings. The highest BCUT2D eigenvalue weighted by Gasteiger charge is 2.23. The van der Waals surface area contributed by atoms with Crippen molar-refractivity contribution in [1.82, 2.24) is 24.4 Å². The zero-order valence-corrected chi connectivity index (χ0v) is 16.9. The Bertz CT molecular complexity index is 917. The summed E-state index contributed by atoms with van der Waals surface area (Å²) in [5.41, 5.74) is 2.02. The van der Waals surface area contributed by atoms with E-state index in [0.29, 0.717) is 43.4 Å². The molecule has 0 aliphatic carbocycles. The number of hydrogen-bond acceptors (Lipinski definition) is 7. The van der Waals surface area contributed by atoms with Gasteiger partial charge < -0.3 is 15.1 Å². The van der Waals surface area contributed by atoms with Crippen LogP contribution >= 0.6 is 0 Å². The van der Waals surface area contributed by atoms with Gasteiger partial charge in [0.25, 0.3) is 5.56 Å². The van der Waals surface area contributed by atoms with Crippen molar-refractivity contribution in [2.24, 2.45) is 0 Å². The normalized spacial score (nSPS) is 14.3. The van der Waals surface area contributed by atoms with Crippen molar-refractivity contribution in [3.05, 3.63) is 39.7 Å². The third kappa shape index (κ3) is 4.29. The van der Waals surface area contributed by atoms with Crippen LogP contribution in [-0.4, -0.2) is 63.0 Å². The minimum atomic E-state index is -0.160. The van der Waals surface area contributed by atoms with E-state index in [4.69, 9.17) is 0 Å². The lowest BCUT2D eigenvalue weighted by Gasteiger charge is -2.35. The zero-order chi connectivity index (χ0) is 20.3. The number of aryl methyl sites for hydroxylation is 2. The maximum Gasteiger partial charge on any atom is 0.256 e. The van der Waals surface area contributed by atoms with Crippen LogP contribution in [0.25, 0.3) is 0 Å². The number of aromatic nitrogens is 4. The van der Waals surface area contributed by atoms with Crippen LogP contribution in [0.4, 0.5) is 11.8 Å². The molecule has 1 N–H and O–H groups in total. The van der Waals surface area contributed by atoms with E-state index in [2.05, 4.69) is 25.2 Å². The van der Waals surface area contributed by atoms with E-state index in [1.54, 1.807) is 18.7 Å². The number of amides is 1. The van der Waals surface area contributed by atoms with E-state index in [9.17, 15) is 9.59 Å². The molecule has 1 aliphatic heterocycles. The van der Waals surface area contributed by atoms with Crippen LogP contribution in [0.3, 0.4) is 0 Å². The minimum Gasteiger partial charge on any atom is -0.354 e. The molecule has 2 aromatic heterocycles. The number of carbonyl (C=O) groups is 1. The number of hydrogen-bond donors (Lipinski definition) is 1. The lowest BCUT2D eigenvalue weighted by atomic mass is 10.2. The first-order valence-electron chi connectivity index (χ1n) is 9.54. The summed E-state index contributed by atoms with van der Waals surface area (Å²) in [5.74, 6) is 1.42. The molecule has 0 spiro atoms. The van der Waals surface area contributed by atoms with E-state index < -0.39 is 0 Å². The lowest BCUT2D eigenvalue weighted by Crippen LogP contribution is -2.50. The molecule has 0 radical (unpaired) electrons. The smallest absolute Gasteiger partial charge is 0.256 e. The van der Waals surface area contributed by atoms with Gasteiger partial charge in [-0.3, -0.25) is 14.2 Å². The van der Waals surface area contributed by atoms with E-state index in [1.165, 1.54) is 10.9 Å². The van der Waals surface area contributed by atoms with E-state index in [1.807, 2.05) is 19.9 Å². The summed E-state index contributed by atoms with van der Waals surface area (Å²) in [6, 6.07) is 1.96. The van der Waals surface area contributed by atoms with Crippen LogP contribution in [0.1, 0.15) is 23.9 Å². The summed E-state index contributed by atoms with van der Waals surface area (Å²) < 4.78 is 1.38. The third-order valence-electron chi connectivity index (χ3n) is 4.95. The summed E-state index contributed by atoms with van der Waals surface area (Å²) in [6.45, 7) is 10.8. The SMILES string of the molecule is CCNc1nc(C)cc(N2CCN(C(=O)Cn3cnc(C)c(C)c3=O)CC2)n1. The second-order valence-corrected chi connectivity index (χ2v) is 6.98. The van der Waals surface area contributed by atoms with Gasteiger partial charge in [0.2, 0.25) is 11.9 Å². The molecule has 9 heteroatoms. The predicted octanol–water partition coefficient (Wildman–Crippen LogP) is 0.739. The lowest BCUT2D eigenvalue weighted by molar-refractivity contribution is -0.132. The van der Waals surface area contributed by atoms with Crippen LogP contribution in [0.15, 0.2) is 17.2 Å². The Hall–Kier alpha value is -2.97. The second-order valence-electron chi connectivity index (χ2n) is 6.98. The van der Waals surface area contributed by atoms with E-state index >= 15 is 0 Å². The molecule has 1 amide bonds. The number of rotatable bonds is 5. The molecule has 0 bridgehead atoms. The number of carbonyl (C=O) groups excluding carboxylic acids is 1. The Labute approximate surface area is 164 Å². The van der Waals surface area contributed by atoms with Crippen molar-refractivity contribution >= 4 is 17.7 Å². The molecule has 0 atom stereocenters. The molecule has 1 saturated heterocycles. The maximum absolute atomic E-state index is 12.6. The average molecular weight is 385 g/mol. The summed E-state index contributed by atoms with van der Waals surface area (Å²) in [4.78, 5) is 42.0. The summed E-state index contributed by atoms with van der Waals surface area (Å²) in [6.07, 6.45) is 1.45. The van der Waals surface area contributed by atoms with Gasteiger partial charge in [0.1, 0.15) is 12.4 Å². The molecule has 3 heterocycles. The summed E-state index contributed by atoms with van der Waals surface area (Å²) in [7, 11) is 0. The molecule has 28 heavy (non-hydrogen) atoms. The first-order chi connectivity index (χ1) is 13.4. The molecule has 2 aromatic rings. The molecule has 3 rings (SSSR count). The Morgan fingerprint density at radius 1 is 1.14 bits per heavy atom. The van der Waals surface area contributed by atoms with Gasteiger partial charge in [0.05, 0.1) is 6.33 Å². The Kier molecular flexibility index (Phi) is 5.91. The van der Waals surface area contributed by atoms with Gasteiger partial charge >= 0.3 is 0 Å². The highest BCUT2D eigenvalue weighted by molar-refractivity contribution is 5.76. The van der Waals surface area contributed by atoms with Gasteiger partial charge in [-0.1, -0.05) is 0 Å². The van der Waals surface area contributed by atoms with Gasteiger partial charge in [0.15, 0.2) is 0 Å². The van der Waals surface area contributed by atoms with Crippen molar-refractivity contribution in [3.63, 3.8) is 0 Å². The second kappa shape index (κ2) is 8.37. The molecule has 0 unspecified atom stereocenters. The van der Waals surface area contributed by atoms with Crippen LogP contribution in [0.5, 0.6) is 0 Å². The van der Waals surface area contributed by atoms with Crippen LogP contribution in [0.2, 0.25) is 0 Å². The Morgan fingerprint density at radius 2 is 1.86 bits per heavy atom. The standard InChI is InChI=1S/C19H27N7O2/c1-5-20-19-22-13(2)10-16(23-19)24-6-8-25(9-7-24)17(27)11-26-12-21-15(4)14(3)18(26)28/h10,12H,5-9,11H2,1-4H3,(H,20,22,23). The van der Waals surface area contributed by atoms with Crippen LogP contribution in [0, 0.1) is 20.8 Å². The number of nitrogens with one attached hydrogen (secondary N) is 1. The quantitative estimate of drug-likeness (QED) is 0.811. The number of anilines is 2. The number of piperazine rings is 1.